The first-order chi connectivity index (χ1) is 17.1. The van der Waals surface area contributed by atoms with Crippen LogP contribution in [-0.4, -0.2) is 62.6 Å². The molecule has 1 N–H and O–H groups in total. The highest BCUT2D eigenvalue weighted by atomic mass is 16.5. The number of fused-ring (bicyclic) bond motifs is 3. The van der Waals surface area contributed by atoms with Crippen molar-refractivity contribution in [3.05, 3.63) is 83.3 Å². The molecule has 1 fully saturated rings. The van der Waals surface area contributed by atoms with E-state index in [1.807, 2.05) is 42.7 Å². The first-order valence-corrected chi connectivity index (χ1v) is 12.1. The number of aryl methyl sites for hydroxylation is 1. The fourth-order valence-corrected chi connectivity index (χ4v) is 5.47. The average molecular weight is 469 g/mol. The largest absolute Gasteiger partial charge is 0.389 e. The maximum atomic E-state index is 13.7. The van der Waals surface area contributed by atoms with Gasteiger partial charge in [-0.2, -0.15) is 5.10 Å². The van der Waals surface area contributed by atoms with E-state index in [2.05, 4.69) is 40.4 Å². The van der Waals surface area contributed by atoms with Gasteiger partial charge in [0, 0.05) is 43.7 Å². The van der Waals surface area contributed by atoms with Crippen LogP contribution in [0, 0.1) is 0 Å². The number of hydrogen-bond acceptors (Lipinski definition) is 5. The van der Waals surface area contributed by atoms with Gasteiger partial charge in [-0.3, -0.25) is 14.5 Å². The van der Waals surface area contributed by atoms with E-state index in [4.69, 9.17) is 4.74 Å². The number of aliphatic hydroxyl groups is 1. The van der Waals surface area contributed by atoms with Gasteiger partial charge in [0.1, 0.15) is 0 Å². The Morgan fingerprint density at radius 2 is 2.00 bits per heavy atom. The summed E-state index contributed by atoms with van der Waals surface area (Å²) in [7, 11) is 1.89. The van der Waals surface area contributed by atoms with Crippen LogP contribution in [0.25, 0.3) is 22.0 Å². The first-order valence-electron chi connectivity index (χ1n) is 12.1. The van der Waals surface area contributed by atoms with Crippen LogP contribution in [0.1, 0.15) is 33.5 Å². The van der Waals surface area contributed by atoms with Gasteiger partial charge in [-0.1, -0.05) is 30.3 Å². The van der Waals surface area contributed by atoms with Crippen LogP contribution < -0.4 is 0 Å². The van der Waals surface area contributed by atoms with Gasteiger partial charge in [-0.05, 0) is 58.9 Å². The molecule has 1 amide bonds. The third-order valence-corrected chi connectivity index (χ3v) is 7.25. The topological polar surface area (TPSA) is 80.5 Å². The zero-order chi connectivity index (χ0) is 23.9. The number of carbonyl (C=O) groups is 1. The van der Waals surface area contributed by atoms with Crippen molar-refractivity contribution in [3.63, 3.8) is 0 Å². The molecule has 178 valence electrons. The maximum absolute atomic E-state index is 13.7. The molecule has 2 aliphatic rings. The Hall–Kier alpha value is -3.55. The Morgan fingerprint density at radius 1 is 1.14 bits per heavy atom. The number of carbonyl (C=O) groups excluding carboxylic acids is 1. The van der Waals surface area contributed by atoms with Crippen LogP contribution in [0.3, 0.4) is 0 Å². The zero-order valence-electron chi connectivity index (χ0n) is 19.7. The second-order valence-corrected chi connectivity index (χ2v) is 9.49. The number of ether oxygens (including phenoxy) is 1. The molecule has 2 atom stereocenters. The molecule has 0 spiro atoms. The third-order valence-electron chi connectivity index (χ3n) is 7.25. The van der Waals surface area contributed by atoms with Gasteiger partial charge in [0.25, 0.3) is 5.91 Å². The van der Waals surface area contributed by atoms with E-state index < -0.39 is 6.10 Å². The molecule has 7 nitrogen and oxygen atoms in total. The number of rotatable bonds is 4. The minimum Gasteiger partial charge on any atom is -0.389 e. The monoisotopic (exact) mass is 468 g/mol. The lowest BCUT2D eigenvalue weighted by atomic mass is 9.87. The summed E-state index contributed by atoms with van der Waals surface area (Å²) in [5, 5.41) is 17.0. The summed E-state index contributed by atoms with van der Waals surface area (Å²) in [6, 6.07) is 14.3. The van der Waals surface area contributed by atoms with Crippen molar-refractivity contribution in [2.75, 3.05) is 19.8 Å². The van der Waals surface area contributed by atoms with Crippen molar-refractivity contribution < 1.29 is 14.6 Å². The highest BCUT2D eigenvalue weighted by molar-refractivity contribution is 6.04. The van der Waals surface area contributed by atoms with Crippen LogP contribution in [0.5, 0.6) is 0 Å². The van der Waals surface area contributed by atoms with Crippen LogP contribution >= 0.6 is 0 Å². The summed E-state index contributed by atoms with van der Waals surface area (Å²) in [6.45, 7) is 1.48. The minimum absolute atomic E-state index is 0.00857. The van der Waals surface area contributed by atoms with E-state index >= 15 is 0 Å². The van der Waals surface area contributed by atoms with Gasteiger partial charge in [0.05, 0.1) is 30.6 Å². The Labute approximate surface area is 204 Å². The number of nitrogens with zero attached hydrogens (tertiary/aromatic N) is 4. The molecule has 2 aromatic carbocycles. The predicted octanol–water partition coefficient (Wildman–Crippen LogP) is 3.37. The Kier molecular flexibility index (Phi) is 5.59. The Morgan fingerprint density at radius 3 is 2.74 bits per heavy atom. The lowest BCUT2D eigenvalue weighted by Gasteiger charge is -2.40. The molecule has 0 aliphatic carbocycles. The quantitative estimate of drug-likeness (QED) is 0.497. The summed E-state index contributed by atoms with van der Waals surface area (Å²) in [4.78, 5) is 20.2. The van der Waals surface area contributed by atoms with Crippen LogP contribution in [0.15, 0.2) is 61.1 Å². The minimum atomic E-state index is -0.640. The summed E-state index contributed by atoms with van der Waals surface area (Å²) >= 11 is 0. The summed E-state index contributed by atoms with van der Waals surface area (Å²) in [5.74, 6) is 0.00857. The summed E-state index contributed by atoms with van der Waals surface area (Å²) in [5.41, 5.74) is 5.93. The molecule has 4 heterocycles. The number of aliphatic hydroxyl groups excluding tert-OH is 1. The molecular formula is C28H28N4O3. The number of hydrogen-bond donors (Lipinski definition) is 1. The van der Waals surface area contributed by atoms with Crippen molar-refractivity contribution in [1.82, 2.24) is 19.7 Å². The van der Waals surface area contributed by atoms with Crippen molar-refractivity contribution in [3.8, 4) is 11.3 Å². The zero-order valence-corrected chi connectivity index (χ0v) is 19.7. The highest BCUT2D eigenvalue weighted by Crippen LogP contribution is 2.33. The van der Waals surface area contributed by atoms with E-state index in [1.165, 1.54) is 5.39 Å². The van der Waals surface area contributed by atoms with E-state index in [9.17, 15) is 9.90 Å². The predicted molar refractivity (Wildman–Crippen MR) is 133 cm³/mol. The molecular weight excluding hydrogens is 440 g/mol. The molecule has 1 saturated heterocycles. The highest BCUT2D eigenvalue weighted by Gasteiger charge is 2.36. The van der Waals surface area contributed by atoms with Gasteiger partial charge in [-0.15, -0.1) is 0 Å². The number of benzene rings is 2. The molecule has 0 unspecified atom stereocenters. The molecule has 7 heteroatoms. The van der Waals surface area contributed by atoms with Gasteiger partial charge >= 0.3 is 0 Å². The molecule has 0 saturated carbocycles. The molecule has 4 aromatic rings. The average Bonchev–Trinajstić information content (AvgIpc) is 3.32. The van der Waals surface area contributed by atoms with Gasteiger partial charge < -0.3 is 14.7 Å². The molecule has 0 bridgehead atoms. The molecule has 2 aromatic heterocycles. The standard InChI is InChI=1S/C28H28N4O3/c1-31-16-20(15-30-31)25-7-6-18(14-29-25)12-19-13-24-23(22-5-3-2-4-21(19)22)8-10-32(28(24)34)26-9-11-35-17-27(26)33/h2-7,13-16,26-27,33H,8-12,17H2,1H3/t26-,27-/m0/s1. The second-order valence-electron chi connectivity index (χ2n) is 9.49. The number of amides is 1. The van der Waals surface area contributed by atoms with Crippen molar-refractivity contribution >= 4 is 16.7 Å². The fourth-order valence-electron chi connectivity index (χ4n) is 5.47. The summed E-state index contributed by atoms with van der Waals surface area (Å²) < 4.78 is 7.16. The van der Waals surface area contributed by atoms with Crippen molar-refractivity contribution in [2.24, 2.45) is 7.05 Å². The lowest BCUT2D eigenvalue weighted by Crippen LogP contribution is -2.53. The third kappa shape index (κ3) is 4.00. The van der Waals surface area contributed by atoms with E-state index in [1.54, 1.807) is 4.68 Å². The first kappa shape index (κ1) is 21.9. The maximum Gasteiger partial charge on any atom is 0.254 e. The molecule has 2 aliphatic heterocycles. The SMILES string of the molecule is Cn1cc(-c2ccc(Cc3cc4c(c5ccccc35)CCN([C@H]3CCOC[C@@H]3O)C4=O)cn2)cn1. The number of aromatic nitrogens is 3. The van der Waals surface area contributed by atoms with Crippen LogP contribution in [-0.2, 0) is 24.6 Å². The van der Waals surface area contributed by atoms with Gasteiger partial charge in [0.15, 0.2) is 0 Å². The van der Waals surface area contributed by atoms with Crippen LogP contribution in [0.2, 0.25) is 0 Å². The van der Waals surface area contributed by atoms with Crippen molar-refractivity contribution in [1.29, 1.82) is 0 Å². The number of pyridine rings is 1. The Balaban J connectivity index is 1.35. The van der Waals surface area contributed by atoms with Crippen molar-refractivity contribution in [2.45, 2.75) is 31.4 Å². The van der Waals surface area contributed by atoms with Gasteiger partial charge in [0.2, 0.25) is 0 Å². The fraction of sp³-hybridized carbons (Fsp3) is 0.321. The molecule has 35 heavy (non-hydrogen) atoms. The van der Waals surface area contributed by atoms with Crippen LogP contribution in [0.4, 0.5) is 0 Å². The smallest absolute Gasteiger partial charge is 0.254 e. The summed E-state index contributed by atoms with van der Waals surface area (Å²) in [6.07, 6.45) is 7.16. The Bertz CT molecular complexity index is 1400. The second kappa shape index (κ2) is 8.91. The van der Waals surface area contributed by atoms with E-state index in [-0.39, 0.29) is 18.6 Å². The molecule has 0 radical (unpaired) electrons. The lowest BCUT2D eigenvalue weighted by molar-refractivity contribution is -0.0577. The van der Waals surface area contributed by atoms with Gasteiger partial charge in [-0.25, -0.2) is 0 Å². The normalized spacial score (nSPS) is 20.3. The van der Waals surface area contributed by atoms with E-state index in [0.717, 1.165) is 45.3 Å². The molecule has 6 rings (SSSR count). The van der Waals surface area contributed by atoms with E-state index in [0.29, 0.717) is 26.0 Å².